The lowest BCUT2D eigenvalue weighted by molar-refractivity contribution is -0.137. The van der Waals surface area contributed by atoms with Crippen LogP contribution in [0.1, 0.15) is 33.6 Å². The Morgan fingerprint density at radius 1 is 1.42 bits per heavy atom. The minimum atomic E-state index is -0.989. The summed E-state index contributed by atoms with van der Waals surface area (Å²) in [4.78, 5) is 24.1. The van der Waals surface area contributed by atoms with Crippen molar-refractivity contribution in [1.29, 1.82) is 0 Å². The van der Waals surface area contributed by atoms with Crippen molar-refractivity contribution in [2.75, 3.05) is 19.7 Å². The molecule has 2 amide bonds. The highest BCUT2D eigenvalue weighted by Gasteiger charge is 2.32. The molecule has 0 aromatic heterocycles. The minimum absolute atomic E-state index is 0.104. The maximum atomic E-state index is 12.0. The Bertz CT molecular complexity index is 314. The van der Waals surface area contributed by atoms with E-state index in [0.29, 0.717) is 13.2 Å². The Hall–Kier alpha value is -1.30. The molecular weight excluding hydrogens is 248 g/mol. The second-order valence-corrected chi connectivity index (χ2v) is 5.36. The van der Waals surface area contributed by atoms with E-state index in [4.69, 9.17) is 9.84 Å². The van der Waals surface area contributed by atoms with Crippen LogP contribution in [0.15, 0.2) is 0 Å². The molecule has 110 valence electrons. The summed E-state index contributed by atoms with van der Waals surface area (Å²) in [6.07, 6.45) is 1.85. The van der Waals surface area contributed by atoms with Gasteiger partial charge in [0.15, 0.2) is 0 Å². The van der Waals surface area contributed by atoms with Crippen LogP contribution in [0.25, 0.3) is 0 Å². The van der Waals surface area contributed by atoms with Crippen molar-refractivity contribution in [2.45, 2.75) is 45.8 Å². The average Bonchev–Trinajstić information content (AvgIpc) is 2.23. The van der Waals surface area contributed by atoms with Gasteiger partial charge in [-0.1, -0.05) is 13.8 Å². The smallest absolute Gasteiger partial charge is 0.323 e. The lowest BCUT2D eigenvalue weighted by Crippen LogP contribution is -2.53. The Labute approximate surface area is 114 Å². The quantitative estimate of drug-likeness (QED) is 0.732. The highest BCUT2D eigenvalue weighted by atomic mass is 16.5. The number of ether oxygens (including phenoxy) is 1. The largest absolute Gasteiger partial charge is 0.480 e. The second-order valence-electron chi connectivity index (χ2n) is 5.36. The first-order valence-corrected chi connectivity index (χ1v) is 6.81. The van der Waals surface area contributed by atoms with Gasteiger partial charge in [0.05, 0.1) is 6.10 Å². The van der Waals surface area contributed by atoms with Gasteiger partial charge in [0.2, 0.25) is 0 Å². The van der Waals surface area contributed by atoms with Crippen LogP contribution in [-0.2, 0) is 9.53 Å². The average molecular weight is 272 g/mol. The van der Waals surface area contributed by atoms with Crippen molar-refractivity contribution in [3.63, 3.8) is 0 Å². The van der Waals surface area contributed by atoms with Gasteiger partial charge in [-0.25, -0.2) is 4.79 Å². The fourth-order valence-electron chi connectivity index (χ4n) is 2.14. The number of aliphatic carboxylic acids is 1. The predicted octanol–water partition coefficient (Wildman–Crippen LogP) is 1.31. The van der Waals surface area contributed by atoms with Crippen LogP contribution in [0, 0.1) is 5.92 Å². The Kier molecular flexibility index (Phi) is 6.08. The fourth-order valence-corrected chi connectivity index (χ4v) is 2.14. The number of carbonyl (C=O) groups excluding carboxylic acids is 1. The van der Waals surface area contributed by atoms with Crippen molar-refractivity contribution in [1.82, 2.24) is 10.2 Å². The van der Waals surface area contributed by atoms with Crippen LogP contribution in [-0.4, -0.2) is 53.8 Å². The number of nitrogens with zero attached hydrogens (tertiary/aromatic N) is 1. The molecule has 2 N–H and O–H groups in total. The SMILES string of the molecule is CCOC1CC(NC(=O)N(CC(=O)O)CC(C)C)C1. The summed E-state index contributed by atoms with van der Waals surface area (Å²) in [5, 5.41) is 11.7. The van der Waals surface area contributed by atoms with E-state index in [1.54, 1.807) is 0 Å². The van der Waals surface area contributed by atoms with E-state index in [-0.39, 0.29) is 30.6 Å². The summed E-state index contributed by atoms with van der Waals surface area (Å²) in [6, 6.07) is -0.191. The molecule has 1 aliphatic rings. The van der Waals surface area contributed by atoms with Gasteiger partial charge in [-0.05, 0) is 25.7 Å². The molecule has 1 aliphatic carbocycles. The summed E-state index contributed by atoms with van der Waals surface area (Å²) >= 11 is 0. The van der Waals surface area contributed by atoms with Crippen LogP contribution in [0.2, 0.25) is 0 Å². The third-order valence-electron chi connectivity index (χ3n) is 3.02. The summed E-state index contributed by atoms with van der Waals surface area (Å²) in [6.45, 7) is 6.73. The Morgan fingerprint density at radius 3 is 2.53 bits per heavy atom. The number of carboxylic acid groups (broad SMARTS) is 1. The zero-order valence-corrected chi connectivity index (χ0v) is 11.9. The molecule has 19 heavy (non-hydrogen) atoms. The van der Waals surface area contributed by atoms with Gasteiger partial charge in [0.25, 0.3) is 0 Å². The molecule has 6 nitrogen and oxygen atoms in total. The summed E-state index contributed by atoms with van der Waals surface area (Å²) in [5.74, 6) is -0.751. The first kappa shape index (κ1) is 15.8. The van der Waals surface area contributed by atoms with Gasteiger partial charge in [-0.15, -0.1) is 0 Å². The maximum Gasteiger partial charge on any atom is 0.323 e. The highest BCUT2D eigenvalue weighted by molar-refractivity contribution is 5.80. The molecule has 0 saturated heterocycles. The number of hydrogen-bond acceptors (Lipinski definition) is 3. The molecule has 0 radical (unpaired) electrons. The Balaban J connectivity index is 2.38. The third-order valence-corrected chi connectivity index (χ3v) is 3.02. The van der Waals surface area contributed by atoms with E-state index in [1.165, 1.54) is 4.90 Å². The zero-order chi connectivity index (χ0) is 14.4. The fraction of sp³-hybridized carbons (Fsp3) is 0.846. The van der Waals surface area contributed by atoms with E-state index < -0.39 is 5.97 Å². The van der Waals surface area contributed by atoms with Crippen LogP contribution < -0.4 is 5.32 Å². The standard InChI is InChI=1S/C13H24N2O4/c1-4-19-11-5-10(6-11)14-13(18)15(7-9(2)3)8-12(16)17/h9-11H,4-8H2,1-3H3,(H,14,18)(H,16,17). The molecule has 0 bridgehead atoms. The van der Waals surface area contributed by atoms with Gasteiger partial charge < -0.3 is 20.1 Å². The van der Waals surface area contributed by atoms with Gasteiger partial charge in [0.1, 0.15) is 6.54 Å². The van der Waals surface area contributed by atoms with Crippen molar-refractivity contribution in [3.8, 4) is 0 Å². The molecule has 6 heteroatoms. The molecule has 0 spiro atoms. The summed E-state index contributed by atoms with van der Waals surface area (Å²) in [7, 11) is 0. The molecule has 0 aliphatic heterocycles. The van der Waals surface area contributed by atoms with Crippen molar-refractivity contribution in [3.05, 3.63) is 0 Å². The van der Waals surface area contributed by atoms with Crippen molar-refractivity contribution in [2.24, 2.45) is 5.92 Å². The molecule has 0 atom stereocenters. The molecule has 1 saturated carbocycles. The van der Waals surface area contributed by atoms with Gasteiger partial charge >= 0.3 is 12.0 Å². The topological polar surface area (TPSA) is 78.9 Å². The lowest BCUT2D eigenvalue weighted by atomic mass is 9.89. The number of urea groups is 1. The minimum Gasteiger partial charge on any atom is -0.480 e. The molecule has 0 unspecified atom stereocenters. The van der Waals surface area contributed by atoms with Crippen LogP contribution in [0.5, 0.6) is 0 Å². The molecule has 1 fully saturated rings. The third kappa shape index (κ3) is 5.46. The molecule has 0 aromatic carbocycles. The number of rotatable bonds is 7. The van der Waals surface area contributed by atoms with E-state index in [0.717, 1.165) is 12.8 Å². The van der Waals surface area contributed by atoms with Crippen LogP contribution in [0.3, 0.4) is 0 Å². The number of amides is 2. The van der Waals surface area contributed by atoms with Crippen molar-refractivity contribution < 1.29 is 19.4 Å². The number of hydrogen-bond donors (Lipinski definition) is 2. The van der Waals surface area contributed by atoms with Crippen molar-refractivity contribution >= 4 is 12.0 Å². The first-order chi connectivity index (χ1) is 8.92. The predicted molar refractivity (Wildman–Crippen MR) is 71.0 cm³/mol. The molecule has 0 heterocycles. The molecular formula is C13H24N2O4. The first-order valence-electron chi connectivity index (χ1n) is 6.81. The van der Waals surface area contributed by atoms with E-state index in [1.807, 2.05) is 20.8 Å². The highest BCUT2D eigenvalue weighted by Crippen LogP contribution is 2.23. The number of carbonyl (C=O) groups is 2. The van der Waals surface area contributed by atoms with Gasteiger partial charge in [-0.3, -0.25) is 4.79 Å². The zero-order valence-electron chi connectivity index (χ0n) is 11.9. The molecule has 0 aromatic rings. The molecule has 1 rings (SSSR count). The summed E-state index contributed by atoms with van der Waals surface area (Å²) < 4.78 is 5.42. The van der Waals surface area contributed by atoms with E-state index in [9.17, 15) is 9.59 Å². The summed E-state index contributed by atoms with van der Waals surface area (Å²) in [5.41, 5.74) is 0. The van der Waals surface area contributed by atoms with E-state index >= 15 is 0 Å². The monoisotopic (exact) mass is 272 g/mol. The normalized spacial score (nSPS) is 21.9. The van der Waals surface area contributed by atoms with E-state index in [2.05, 4.69) is 5.32 Å². The Morgan fingerprint density at radius 2 is 2.05 bits per heavy atom. The number of nitrogens with one attached hydrogen (secondary N) is 1. The number of carboxylic acids is 1. The van der Waals surface area contributed by atoms with Crippen LogP contribution in [0.4, 0.5) is 4.79 Å². The van der Waals surface area contributed by atoms with Gasteiger partial charge in [0, 0.05) is 19.2 Å². The second kappa shape index (κ2) is 7.33. The van der Waals surface area contributed by atoms with Crippen LogP contribution >= 0.6 is 0 Å². The lowest BCUT2D eigenvalue weighted by Gasteiger charge is -2.36. The maximum absolute atomic E-state index is 12.0. The van der Waals surface area contributed by atoms with Gasteiger partial charge in [-0.2, -0.15) is 0 Å².